The number of nitrogens with two attached hydrogens (primary N) is 1. The number of nitrogens with zero attached hydrogens (tertiary/aromatic N) is 3. The molecule has 0 aliphatic heterocycles. The van der Waals surface area contributed by atoms with Crippen LogP contribution >= 0.6 is 0 Å². The number of ether oxygens (including phenoxy) is 1. The van der Waals surface area contributed by atoms with Gasteiger partial charge in [-0.2, -0.15) is 5.10 Å². The molecule has 0 aliphatic rings. The zero-order valence-corrected chi connectivity index (χ0v) is 18.4. The lowest BCUT2D eigenvalue weighted by molar-refractivity contribution is 0.262. The van der Waals surface area contributed by atoms with E-state index in [2.05, 4.69) is 20.7 Å². The third-order valence-corrected chi connectivity index (χ3v) is 4.79. The van der Waals surface area contributed by atoms with Crippen molar-refractivity contribution >= 4 is 23.4 Å². The Morgan fingerprint density at radius 1 is 1.03 bits per heavy atom. The van der Waals surface area contributed by atoms with E-state index in [0.717, 1.165) is 6.07 Å². The number of amides is 2. The van der Waals surface area contributed by atoms with Gasteiger partial charge in [0.1, 0.15) is 34.8 Å². The molecule has 2 amide bonds. The molecule has 0 saturated carbocycles. The lowest BCUT2D eigenvalue weighted by Crippen LogP contribution is -2.22. The second-order valence-electron chi connectivity index (χ2n) is 7.74. The number of benzene rings is 2. The molecule has 2 aromatic heterocycles. The second kappa shape index (κ2) is 9.57. The minimum Gasteiger partial charge on any atom is -0.457 e. The summed E-state index contributed by atoms with van der Waals surface area (Å²) in [5.41, 5.74) is 6.69. The summed E-state index contributed by atoms with van der Waals surface area (Å²) in [4.78, 5) is 16.5. The number of aromatic nitrogens is 3. The first-order chi connectivity index (χ1) is 16.3. The predicted molar refractivity (Wildman–Crippen MR) is 125 cm³/mol. The van der Waals surface area contributed by atoms with Gasteiger partial charge in [0, 0.05) is 24.4 Å². The van der Waals surface area contributed by atoms with Crippen LogP contribution in [0.15, 0.2) is 66.9 Å². The highest BCUT2D eigenvalue weighted by Crippen LogP contribution is 2.27. The molecule has 34 heavy (non-hydrogen) atoms. The van der Waals surface area contributed by atoms with Crippen molar-refractivity contribution in [1.29, 1.82) is 0 Å². The van der Waals surface area contributed by atoms with Gasteiger partial charge in [0.2, 0.25) is 0 Å². The normalized spacial score (nSPS) is 10.9. The molecule has 0 saturated heterocycles. The number of anilines is 3. The number of hydrogen-bond acceptors (Lipinski definition) is 5. The first-order valence-corrected chi connectivity index (χ1v) is 10.4. The van der Waals surface area contributed by atoms with E-state index in [1.807, 2.05) is 13.8 Å². The van der Waals surface area contributed by atoms with Crippen molar-refractivity contribution in [3.05, 3.63) is 84.2 Å². The number of halogens is 2. The van der Waals surface area contributed by atoms with E-state index < -0.39 is 17.7 Å². The highest BCUT2D eigenvalue weighted by atomic mass is 19.1. The van der Waals surface area contributed by atoms with Crippen LogP contribution in [0.5, 0.6) is 11.5 Å². The van der Waals surface area contributed by atoms with Crippen LogP contribution in [0, 0.1) is 11.6 Å². The standard InChI is InChI=1S/C24H22F2N6O2/c1-14(2)21-13-23(32(31-21)16-5-3-4-15(25)10-16)30-24(33)29-20-7-6-17(11-19(20)26)34-18-8-9-28-22(27)12-18/h3-14H,1-2H3,(H2,27,28)(H2,29,30,33). The highest BCUT2D eigenvalue weighted by molar-refractivity contribution is 5.99. The molecule has 0 aliphatic carbocycles. The minimum atomic E-state index is -0.698. The molecule has 0 unspecified atom stereocenters. The summed E-state index contributed by atoms with van der Waals surface area (Å²) >= 11 is 0. The smallest absolute Gasteiger partial charge is 0.324 e. The molecular formula is C24H22F2N6O2. The summed E-state index contributed by atoms with van der Waals surface area (Å²) in [6.07, 6.45) is 1.47. The molecule has 0 atom stereocenters. The fourth-order valence-corrected chi connectivity index (χ4v) is 3.13. The molecule has 10 heteroatoms. The first kappa shape index (κ1) is 22.7. The molecular weight excluding hydrogens is 442 g/mol. The minimum absolute atomic E-state index is 0.0556. The summed E-state index contributed by atoms with van der Waals surface area (Å²) in [6, 6.07) is 13.9. The summed E-state index contributed by atoms with van der Waals surface area (Å²) in [7, 11) is 0. The average Bonchev–Trinajstić information content (AvgIpc) is 3.20. The number of rotatable bonds is 6. The lowest BCUT2D eigenvalue weighted by atomic mass is 10.1. The van der Waals surface area contributed by atoms with Crippen molar-refractivity contribution in [3.63, 3.8) is 0 Å². The maximum Gasteiger partial charge on any atom is 0.324 e. The van der Waals surface area contributed by atoms with Gasteiger partial charge >= 0.3 is 6.03 Å². The van der Waals surface area contributed by atoms with E-state index in [-0.39, 0.29) is 23.2 Å². The Bertz CT molecular complexity index is 1340. The van der Waals surface area contributed by atoms with Gasteiger partial charge in [0.15, 0.2) is 0 Å². The molecule has 0 bridgehead atoms. The van der Waals surface area contributed by atoms with Crippen LogP contribution < -0.4 is 21.1 Å². The topological polar surface area (TPSA) is 107 Å². The predicted octanol–water partition coefficient (Wildman–Crippen LogP) is 5.69. The number of hydrogen-bond donors (Lipinski definition) is 3. The molecule has 4 aromatic rings. The van der Waals surface area contributed by atoms with Crippen molar-refractivity contribution in [1.82, 2.24) is 14.8 Å². The van der Waals surface area contributed by atoms with Crippen molar-refractivity contribution in [3.8, 4) is 17.2 Å². The van der Waals surface area contributed by atoms with E-state index in [9.17, 15) is 13.6 Å². The Labute approximate surface area is 194 Å². The fourth-order valence-electron chi connectivity index (χ4n) is 3.13. The van der Waals surface area contributed by atoms with Crippen LogP contribution in [0.1, 0.15) is 25.5 Å². The Hall–Kier alpha value is -4.47. The maximum absolute atomic E-state index is 14.6. The molecule has 4 N–H and O–H groups in total. The number of nitrogen functional groups attached to an aromatic ring is 1. The van der Waals surface area contributed by atoms with Crippen LogP contribution in [-0.2, 0) is 0 Å². The Morgan fingerprint density at radius 2 is 1.82 bits per heavy atom. The van der Waals surface area contributed by atoms with Crippen LogP contribution in [0.25, 0.3) is 5.69 Å². The number of pyridine rings is 1. The van der Waals surface area contributed by atoms with Gasteiger partial charge < -0.3 is 15.8 Å². The van der Waals surface area contributed by atoms with Crippen LogP contribution in [0.3, 0.4) is 0 Å². The largest absolute Gasteiger partial charge is 0.457 e. The summed E-state index contributed by atoms with van der Waals surface area (Å²) in [6.45, 7) is 3.89. The monoisotopic (exact) mass is 464 g/mol. The van der Waals surface area contributed by atoms with Crippen molar-refractivity contribution in [2.75, 3.05) is 16.4 Å². The average molecular weight is 464 g/mol. The van der Waals surface area contributed by atoms with Gasteiger partial charge in [-0.3, -0.25) is 5.32 Å². The van der Waals surface area contributed by atoms with Gasteiger partial charge in [0.05, 0.1) is 17.1 Å². The molecule has 8 nitrogen and oxygen atoms in total. The molecule has 0 fully saturated rings. The van der Waals surface area contributed by atoms with Crippen molar-refractivity contribution < 1.29 is 18.3 Å². The molecule has 4 rings (SSSR count). The van der Waals surface area contributed by atoms with E-state index in [1.54, 1.807) is 24.3 Å². The van der Waals surface area contributed by atoms with Crippen molar-refractivity contribution in [2.45, 2.75) is 19.8 Å². The number of carbonyl (C=O) groups excluding carboxylic acids is 1. The number of urea groups is 1. The maximum atomic E-state index is 14.6. The van der Waals surface area contributed by atoms with Crippen LogP contribution in [0.2, 0.25) is 0 Å². The third kappa shape index (κ3) is 5.29. The molecule has 0 spiro atoms. The molecule has 0 radical (unpaired) electrons. The Morgan fingerprint density at radius 3 is 2.53 bits per heavy atom. The van der Waals surface area contributed by atoms with E-state index >= 15 is 0 Å². The molecule has 2 aromatic carbocycles. The number of carbonyl (C=O) groups is 1. The van der Waals surface area contributed by atoms with E-state index in [4.69, 9.17) is 10.5 Å². The highest BCUT2D eigenvalue weighted by Gasteiger charge is 2.16. The zero-order chi connectivity index (χ0) is 24.2. The Balaban J connectivity index is 1.50. The molecule has 174 valence electrons. The fraction of sp³-hybridized carbons (Fsp3) is 0.125. The Kier molecular flexibility index (Phi) is 6.39. The van der Waals surface area contributed by atoms with Gasteiger partial charge in [-0.25, -0.2) is 23.2 Å². The second-order valence-corrected chi connectivity index (χ2v) is 7.74. The van der Waals surface area contributed by atoms with Gasteiger partial charge in [0.25, 0.3) is 0 Å². The zero-order valence-electron chi connectivity index (χ0n) is 18.4. The third-order valence-electron chi connectivity index (χ3n) is 4.79. The van der Waals surface area contributed by atoms with Gasteiger partial charge in [-0.1, -0.05) is 19.9 Å². The summed E-state index contributed by atoms with van der Waals surface area (Å²) in [5.74, 6) is 0.133. The lowest BCUT2D eigenvalue weighted by Gasteiger charge is -2.12. The van der Waals surface area contributed by atoms with Crippen LogP contribution in [-0.4, -0.2) is 20.8 Å². The molecule has 2 heterocycles. The van der Waals surface area contributed by atoms with E-state index in [0.29, 0.717) is 22.9 Å². The summed E-state index contributed by atoms with van der Waals surface area (Å²) in [5, 5.41) is 9.57. The first-order valence-electron chi connectivity index (χ1n) is 10.4. The van der Waals surface area contributed by atoms with Crippen molar-refractivity contribution in [2.24, 2.45) is 0 Å². The van der Waals surface area contributed by atoms with Gasteiger partial charge in [-0.05, 0) is 42.3 Å². The number of nitrogens with one attached hydrogen (secondary N) is 2. The SMILES string of the molecule is CC(C)c1cc(NC(=O)Nc2ccc(Oc3ccnc(N)c3)cc2F)n(-c2cccc(F)c2)n1. The quantitative estimate of drug-likeness (QED) is 0.340. The van der Waals surface area contributed by atoms with Crippen LogP contribution in [0.4, 0.5) is 30.9 Å². The van der Waals surface area contributed by atoms with Gasteiger partial charge in [-0.15, -0.1) is 0 Å². The van der Waals surface area contributed by atoms with E-state index in [1.165, 1.54) is 41.2 Å². The summed E-state index contributed by atoms with van der Waals surface area (Å²) < 4.78 is 35.3.